The third kappa shape index (κ3) is 3.81. The molecule has 1 aliphatic rings. The SMILES string of the molecule is COc1ccc(OCC2(CS)CCCCC2)c([N+](=O)[O-])c1. The van der Waals surface area contributed by atoms with Gasteiger partial charge in [-0.2, -0.15) is 12.6 Å². The van der Waals surface area contributed by atoms with Gasteiger partial charge in [0, 0.05) is 5.41 Å². The number of nitro benzene ring substituents is 1. The molecule has 2 rings (SSSR count). The average Bonchev–Trinajstić information content (AvgIpc) is 2.53. The van der Waals surface area contributed by atoms with Gasteiger partial charge in [0.1, 0.15) is 5.75 Å². The summed E-state index contributed by atoms with van der Waals surface area (Å²) in [5.41, 5.74) is -0.0192. The van der Waals surface area contributed by atoms with E-state index in [1.165, 1.54) is 32.4 Å². The van der Waals surface area contributed by atoms with E-state index in [0.717, 1.165) is 18.6 Å². The smallest absolute Gasteiger partial charge is 0.314 e. The monoisotopic (exact) mass is 311 g/mol. The van der Waals surface area contributed by atoms with E-state index < -0.39 is 4.92 Å². The molecule has 116 valence electrons. The van der Waals surface area contributed by atoms with E-state index >= 15 is 0 Å². The minimum absolute atomic E-state index is 0.0369. The zero-order valence-corrected chi connectivity index (χ0v) is 13.1. The molecule has 0 aromatic heterocycles. The third-order valence-electron chi connectivity index (χ3n) is 4.15. The van der Waals surface area contributed by atoms with Crippen LogP contribution in [0.25, 0.3) is 0 Å². The molecule has 0 heterocycles. The van der Waals surface area contributed by atoms with Crippen LogP contribution < -0.4 is 9.47 Å². The first-order valence-corrected chi connectivity index (χ1v) is 7.79. The highest BCUT2D eigenvalue weighted by Gasteiger charge is 2.32. The zero-order valence-electron chi connectivity index (χ0n) is 12.2. The fourth-order valence-corrected chi connectivity index (χ4v) is 3.18. The van der Waals surface area contributed by atoms with Crippen molar-refractivity contribution in [1.82, 2.24) is 0 Å². The van der Waals surface area contributed by atoms with Gasteiger partial charge in [-0.3, -0.25) is 10.1 Å². The number of hydrogen-bond donors (Lipinski definition) is 1. The average molecular weight is 311 g/mol. The molecule has 0 amide bonds. The van der Waals surface area contributed by atoms with Gasteiger partial charge in [-0.15, -0.1) is 0 Å². The zero-order chi connectivity index (χ0) is 15.3. The van der Waals surface area contributed by atoms with Crippen molar-refractivity contribution >= 4 is 18.3 Å². The highest BCUT2D eigenvalue weighted by Crippen LogP contribution is 2.39. The highest BCUT2D eigenvalue weighted by atomic mass is 32.1. The number of hydrogen-bond acceptors (Lipinski definition) is 5. The van der Waals surface area contributed by atoms with Crippen LogP contribution in [0.4, 0.5) is 5.69 Å². The quantitative estimate of drug-likeness (QED) is 0.492. The van der Waals surface area contributed by atoms with Crippen LogP contribution in [0.1, 0.15) is 32.1 Å². The topological polar surface area (TPSA) is 61.6 Å². The van der Waals surface area contributed by atoms with E-state index in [0.29, 0.717) is 18.1 Å². The van der Waals surface area contributed by atoms with Gasteiger partial charge in [-0.25, -0.2) is 0 Å². The molecular weight excluding hydrogens is 290 g/mol. The summed E-state index contributed by atoms with van der Waals surface area (Å²) >= 11 is 4.46. The Morgan fingerprint density at radius 3 is 2.62 bits per heavy atom. The van der Waals surface area contributed by atoms with Crippen molar-refractivity contribution in [3.8, 4) is 11.5 Å². The predicted molar refractivity (Wildman–Crippen MR) is 84.5 cm³/mol. The molecule has 1 aromatic carbocycles. The molecule has 0 unspecified atom stereocenters. The first kappa shape index (κ1) is 15.9. The Morgan fingerprint density at radius 2 is 2.05 bits per heavy atom. The maximum absolute atomic E-state index is 11.1. The van der Waals surface area contributed by atoms with E-state index in [1.807, 2.05) is 0 Å². The van der Waals surface area contributed by atoms with E-state index in [1.54, 1.807) is 12.1 Å². The van der Waals surface area contributed by atoms with Crippen LogP contribution in [0.3, 0.4) is 0 Å². The molecule has 6 heteroatoms. The fraction of sp³-hybridized carbons (Fsp3) is 0.600. The van der Waals surface area contributed by atoms with Crippen molar-refractivity contribution in [3.05, 3.63) is 28.3 Å². The Balaban J connectivity index is 2.13. The van der Waals surface area contributed by atoms with Gasteiger partial charge in [0.05, 0.1) is 24.7 Å². The summed E-state index contributed by atoms with van der Waals surface area (Å²) in [4.78, 5) is 10.7. The molecule has 0 radical (unpaired) electrons. The molecule has 0 N–H and O–H groups in total. The van der Waals surface area contributed by atoms with Crippen LogP contribution in [0, 0.1) is 15.5 Å². The molecule has 1 saturated carbocycles. The Hall–Kier alpha value is -1.43. The van der Waals surface area contributed by atoms with Crippen LogP contribution in [0.15, 0.2) is 18.2 Å². The maximum Gasteiger partial charge on any atom is 0.314 e. The second kappa shape index (κ2) is 7.02. The molecule has 0 bridgehead atoms. The van der Waals surface area contributed by atoms with Gasteiger partial charge < -0.3 is 9.47 Å². The van der Waals surface area contributed by atoms with Gasteiger partial charge in [-0.1, -0.05) is 19.3 Å². The van der Waals surface area contributed by atoms with E-state index in [4.69, 9.17) is 9.47 Å². The fourth-order valence-electron chi connectivity index (χ4n) is 2.77. The Kier molecular flexibility index (Phi) is 5.33. The number of nitrogens with zero attached hydrogens (tertiary/aromatic N) is 1. The van der Waals surface area contributed by atoms with Crippen LogP contribution in [0.2, 0.25) is 0 Å². The summed E-state index contributed by atoms with van der Waals surface area (Å²) in [6.45, 7) is 0.476. The van der Waals surface area contributed by atoms with E-state index in [9.17, 15) is 10.1 Å². The van der Waals surface area contributed by atoms with Crippen molar-refractivity contribution in [3.63, 3.8) is 0 Å². The molecule has 21 heavy (non-hydrogen) atoms. The Labute approximate surface area is 130 Å². The lowest BCUT2D eigenvalue weighted by atomic mass is 9.76. The summed E-state index contributed by atoms with van der Waals surface area (Å²) in [7, 11) is 1.48. The van der Waals surface area contributed by atoms with Gasteiger partial charge in [0.15, 0.2) is 5.75 Å². The maximum atomic E-state index is 11.1. The summed E-state index contributed by atoms with van der Waals surface area (Å²) in [6.07, 6.45) is 5.74. The second-order valence-corrected chi connectivity index (χ2v) is 5.91. The minimum atomic E-state index is -0.438. The van der Waals surface area contributed by atoms with Gasteiger partial charge in [0.25, 0.3) is 0 Å². The van der Waals surface area contributed by atoms with Crippen molar-refractivity contribution in [2.75, 3.05) is 19.5 Å². The molecule has 1 fully saturated rings. The Morgan fingerprint density at radius 1 is 1.33 bits per heavy atom. The number of thiol groups is 1. The lowest BCUT2D eigenvalue weighted by Gasteiger charge is -2.35. The van der Waals surface area contributed by atoms with Gasteiger partial charge in [-0.05, 0) is 30.7 Å². The summed E-state index contributed by atoms with van der Waals surface area (Å²) in [6, 6.07) is 4.67. The normalized spacial score (nSPS) is 17.2. The van der Waals surface area contributed by atoms with Crippen LogP contribution in [-0.4, -0.2) is 24.4 Å². The first-order chi connectivity index (χ1) is 10.1. The molecule has 0 saturated heterocycles. The predicted octanol–water partition coefficient (Wildman–Crippen LogP) is 3.86. The molecule has 0 spiro atoms. The summed E-state index contributed by atoms with van der Waals surface area (Å²) in [5, 5.41) is 11.1. The number of nitro groups is 1. The summed E-state index contributed by atoms with van der Waals surface area (Å²) in [5.74, 6) is 1.50. The standard InChI is InChI=1S/C15H21NO4S/c1-19-12-5-6-14(13(9-12)16(17)18)20-10-15(11-21)7-3-2-4-8-15/h5-6,9,21H,2-4,7-8,10-11H2,1H3. The second-order valence-electron chi connectivity index (χ2n) is 5.60. The molecule has 1 aliphatic carbocycles. The highest BCUT2D eigenvalue weighted by molar-refractivity contribution is 7.80. The van der Waals surface area contributed by atoms with E-state index in [2.05, 4.69) is 12.6 Å². The van der Waals surface area contributed by atoms with Crippen molar-refractivity contribution < 1.29 is 14.4 Å². The summed E-state index contributed by atoms with van der Waals surface area (Å²) < 4.78 is 10.8. The molecule has 0 atom stereocenters. The van der Waals surface area contributed by atoms with Gasteiger partial charge >= 0.3 is 5.69 Å². The third-order valence-corrected chi connectivity index (χ3v) is 4.82. The molecule has 5 nitrogen and oxygen atoms in total. The Bertz CT molecular complexity index is 500. The van der Waals surface area contributed by atoms with Crippen LogP contribution in [-0.2, 0) is 0 Å². The number of ether oxygens (including phenoxy) is 2. The van der Waals surface area contributed by atoms with Crippen molar-refractivity contribution in [1.29, 1.82) is 0 Å². The lowest BCUT2D eigenvalue weighted by molar-refractivity contribution is -0.386. The van der Waals surface area contributed by atoms with Crippen LogP contribution >= 0.6 is 12.6 Å². The molecular formula is C15H21NO4S. The number of methoxy groups -OCH3 is 1. The number of benzene rings is 1. The molecule has 0 aliphatic heterocycles. The van der Waals surface area contributed by atoms with Crippen LogP contribution in [0.5, 0.6) is 11.5 Å². The van der Waals surface area contributed by atoms with Crippen molar-refractivity contribution in [2.24, 2.45) is 5.41 Å². The van der Waals surface area contributed by atoms with Crippen molar-refractivity contribution in [2.45, 2.75) is 32.1 Å². The number of rotatable bonds is 6. The van der Waals surface area contributed by atoms with E-state index in [-0.39, 0.29) is 11.1 Å². The first-order valence-electron chi connectivity index (χ1n) is 7.16. The van der Waals surface area contributed by atoms with Gasteiger partial charge in [0.2, 0.25) is 0 Å². The molecule has 1 aromatic rings. The largest absolute Gasteiger partial charge is 0.496 e. The lowest BCUT2D eigenvalue weighted by Crippen LogP contribution is -2.33. The minimum Gasteiger partial charge on any atom is -0.496 e.